The predicted octanol–water partition coefficient (Wildman–Crippen LogP) is 7.32. The van der Waals surface area contributed by atoms with Crippen LogP contribution in [0.4, 0.5) is 8.78 Å². The Kier molecular flexibility index (Phi) is 6.09. The molecule has 5 rings (SSSR count). The van der Waals surface area contributed by atoms with Crippen LogP contribution in [0.2, 0.25) is 10.0 Å². The number of hydrogen-bond acceptors (Lipinski definition) is 2. The number of aromatic nitrogens is 1. The van der Waals surface area contributed by atoms with Crippen molar-refractivity contribution in [2.75, 3.05) is 0 Å². The van der Waals surface area contributed by atoms with E-state index in [1.54, 1.807) is 36.4 Å². The molecule has 0 atom stereocenters. The quantitative estimate of drug-likeness (QED) is 0.260. The number of carbonyl (C=O) groups excluding carboxylic acids is 1. The number of rotatable bonds is 6. The first-order chi connectivity index (χ1) is 16.8. The zero-order valence-corrected chi connectivity index (χ0v) is 19.6. The summed E-state index contributed by atoms with van der Waals surface area (Å²) in [4.78, 5) is 12.2. The van der Waals surface area contributed by atoms with Gasteiger partial charge in [0.25, 0.3) is 0 Å². The molecule has 1 radical (unpaired) electrons. The largest absolute Gasteiger partial charge is 0.435 e. The van der Waals surface area contributed by atoms with Gasteiger partial charge in [-0.15, -0.1) is 0 Å². The number of alkyl halides is 2. The molecule has 4 aromatic carbocycles. The Bertz CT molecular complexity index is 1580. The topological polar surface area (TPSA) is 57.2 Å². The zero-order chi connectivity index (χ0) is 24.7. The summed E-state index contributed by atoms with van der Waals surface area (Å²) in [5, 5.41) is 2.46. The lowest BCUT2D eigenvalue weighted by Crippen LogP contribution is -2.11. The Hall–Kier alpha value is -3.61. The minimum Gasteiger partial charge on any atom is -0.435 e. The normalized spacial score (nSPS) is 11.5. The van der Waals surface area contributed by atoms with Crippen LogP contribution in [0.15, 0.2) is 72.8 Å². The minimum atomic E-state index is -2.89. The maximum atomic E-state index is 12.5. The molecule has 0 fully saturated rings. The average Bonchev–Trinajstić information content (AvgIpc) is 3.13. The SMILES string of the molecule is NC(=O)c1cccc2c1c1[c]cc(-c3ccc(Cl)cc3Cl)cc1n2Cc1ccc(OC(F)F)cc1. The number of fused-ring (bicyclic) bond motifs is 3. The van der Waals surface area contributed by atoms with E-state index < -0.39 is 12.5 Å². The third-order valence-corrected chi connectivity index (χ3v) is 6.34. The van der Waals surface area contributed by atoms with Gasteiger partial charge in [0.1, 0.15) is 5.75 Å². The highest BCUT2D eigenvalue weighted by Gasteiger charge is 2.18. The van der Waals surface area contributed by atoms with E-state index in [1.165, 1.54) is 12.1 Å². The van der Waals surface area contributed by atoms with Gasteiger partial charge in [-0.05, 0) is 65.7 Å². The molecule has 0 aliphatic rings. The van der Waals surface area contributed by atoms with Gasteiger partial charge in [-0.3, -0.25) is 4.79 Å². The van der Waals surface area contributed by atoms with Crippen molar-refractivity contribution in [3.05, 3.63) is 100 Å². The summed E-state index contributed by atoms with van der Waals surface area (Å²) < 4.78 is 31.5. The van der Waals surface area contributed by atoms with E-state index in [0.29, 0.717) is 27.5 Å². The first-order valence-corrected chi connectivity index (χ1v) is 11.3. The van der Waals surface area contributed by atoms with Crippen LogP contribution in [0, 0.1) is 6.07 Å². The fourth-order valence-electron chi connectivity index (χ4n) is 4.27. The second-order valence-electron chi connectivity index (χ2n) is 7.95. The molecular weight excluding hydrogens is 493 g/mol. The average molecular weight is 510 g/mol. The van der Waals surface area contributed by atoms with Crippen molar-refractivity contribution in [2.24, 2.45) is 5.73 Å². The van der Waals surface area contributed by atoms with Crippen LogP contribution in [0.1, 0.15) is 15.9 Å². The van der Waals surface area contributed by atoms with Crippen LogP contribution in [0.5, 0.6) is 5.75 Å². The van der Waals surface area contributed by atoms with Crippen LogP contribution in [0.3, 0.4) is 0 Å². The number of nitrogens with zero attached hydrogens (tertiary/aromatic N) is 1. The molecule has 0 saturated heterocycles. The summed E-state index contributed by atoms with van der Waals surface area (Å²) in [6.07, 6.45) is 0. The number of amides is 1. The lowest BCUT2D eigenvalue weighted by atomic mass is 10.0. The van der Waals surface area contributed by atoms with Gasteiger partial charge in [0.05, 0.1) is 11.0 Å². The predicted molar refractivity (Wildman–Crippen MR) is 134 cm³/mol. The van der Waals surface area contributed by atoms with Crippen molar-refractivity contribution >= 4 is 50.9 Å². The molecule has 0 aliphatic carbocycles. The highest BCUT2D eigenvalue weighted by Crippen LogP contribution is 2.37. The van der Waals surface area contributed by atoms with Gasteiger partial charge in [0, 0.05) is 38.5 Å². The molecule has 35 heavy (non-hydrogen) atoms. The Morgan fingerprint density at radius 3 is 2.49 bits per heavy atom. The van der Waals surface area contributed by atoms with Crippen molar-refractivity contribution in [3.63, 3.8) is 0 Å². The van der Waals surface area contributed by atoms with Gasteiger partial charge in [-0.25, -0.2) is 0 Å². The molecular formula is C27H17Cl2F2N2O2. The summed E-state index contributed by atoms with van der Waals surface area (Å²) in [5.74, 6) is -0.462. The van der Waals surface area contributed by atoms with E-state index in [4.69, 9.17) is 28.9 Å². The summed E-state index contributed by atoms with van der Waals surface area (Å²) in [5.41, 5.74) is 10.1. The molecule has 1 aromatic heterocycles. The molecule has 0 spiro atoms. The standard InChI is InChI=1S/C27H17Cl2F2N2O2/c28-17-7-11-19(22(29)13-17)16-6-10-20-24(12-16)33(23-3-1-2-21(25(20)23)26(32)34)14-15-4-8-18(9-5-15)35-27(30)31/h1-9,11-13,27H,14H2,(H2,32,34). The molecule has 0 aliphatic heterocycles. The minimum absolute atomic E-state index is 0.0787. The van der Waals surface area contributed by atoms with Gasteiger partial charge < -0.3 is 15.0 Å². The first-order valence-electron chi connectivity index (χ1n) is 10.6. The molecule has 175 valence electrons. The van der Waals surface area contributed by atoms with Crippen molar-refractivity contribution in [1.29, 1.82) is 0 Å². The Labute approximate surface area is 209 Å². The van der Waals surface area contributed by atoms with Gasteiger partial charge in [-0.1, -0.05) is 47.5 Å². The second kappa shape index (κ2) is 9.21. The van der Waals surface area contributed by atoms with Gasteiger partial charge in [0.15, 0.2) is 0 Å². The lowest BCUT2D eigenvalue weighted by Gasteiger charge is -2.11. The maximum absolute atomic E-state index is 12.5. The summed E-state index contributed by atoms with van der Waals surface area (Å²) in [7, 11) is 0. The molecule has 5 aromatic rings. The first kappa shape index (κ1) is 23.1. The number of ether oxygens (including phenoxy) is 1. The molecule has 2 N–H and O–H groups in total. The third-order valence-electron chi connectivity index (χ3n) is 5.79. The zero-order valence-electron chi connectivity index (χ0n) is 18.1. The van der Waals surface area contributed by atoms with E-state index in [9.17, 15) is 13.6 Å². The van der Waals surface area contributed by atoms with Crippen molar-refractivity contribution in [1.82, 2.24) is 4.57 Å². The Morgan fingerprint density at radius 1 is 1.03 bits per heavy atom. The van der Waals surface area contributed by atoms with Crippen LogP contribution in [-0.2, 0) is 6.54 Å². The number of carbonyl (C=O) groups is 1. The molecule has 0 unspecified atom stereocenters. The molecule has 1 heterocycles. The van der Waals surface area contributed by atoms with E-state index in [0.717, 1.165) is 33.1 Å². The molecule has 1 amide bonds. The highest BCUT2D eigenvalue weighted by molar-refractivity contribution is 6.36. The third kappa shape index (κ3) is 4.43. The van der Waals surface area contributed by atoms with E-state index >= 15 is 0 Å². The maximum Gasteiger partial charge on any atom is 0.387 e. The fourth-order valence-corrected chi connectivity index (χ4v) is 4.79. The second-order valence-corrected chi connectivity index (χ2v) is 8.79. The van der Waals surface area contributed by atoms with E-state index in [1.807, 2.05) is 28.8 Å². The van der Waals surface area contributed by atoms with Gasteiger partial charge >= 0.3 is 6.61 Å². The summed E-state index contributed by atoms with van der Waals surface area (Å²) >= 11 is 12.5. The number of hydrogen-bond donors (Lipinski definition) is 1. The van der Waals surface area contributed by atoms with Crippen LogP contribution in [0.25, 0.3) is 32.9 Å². The molecule has 4 nitrogen and oxygen atoms in total. The summed E-state index contributed by atoms with van der Waals surface area (Å²) in [6, 6.07) is 24.2. The van der Waals surface area contributed by atoms with E-state index in [2.05, 4.69) is 10.8 Å². The molecule has 0 saturated carbocycles. The monoisotopic (exact) mass is 509 g/mol. The smallest absolute Gasteiger partial charge is 0.387 e. The van der Waals surface area contributed by atoms with Gasteiger partial charge in [0.2, 0.25) is 5.91 Å². The highest BCUT2D eigenvalue weighted by atomic mass is 35.5. The molecule has 0 bridgehead atoms. The summed E-state index contributed by atoms with van der Waals surface area (Å²) in [6.45, 7) is -2.48. The van der Waals surface area contributed by atoms with Crippen LogP contribution < -0.4 is 10.5 Å². The number of halogens is 4. The fraction of sp³-hybridized carbons (Fsp3) is 0.0741. The number of benzene rings is 4. The lowest BCUT2D eigenvalue weighted by molar-refractivity contribution is -0.0498. The van der Waals surface area contributed by atoms with Crippen LogP contribution in [-0.4, -0.2) is 17.1 Å². The molecule has 8 heteroatoms. The number of nitrogens with two attached hydrogens (primary N) is 1. The van der Waals surface area contributed by atoms with E-state index in [-0.39, 0.29) is 5.75 Å². The van der Waals surface area contributed by atoms with Crippen LogP contribution >= 0.6 is 23.2 Å². The van der Waals surface area contributed by atoms with Crippen molar-refractivity contribution in [3.8, 4) is 16.9 Å². The Morgan fingerprint density at radius 2 is 1.80 bits per heavy atom. The number of primary amides is 1. The van der Waals surface area contributed by atoms with Crippen molar-refractivity contribution < 1.29 is 18.3 Å². The Balaban J connectivity index is 1.70. The van der Waals surface area contributed by atoms with Crippen molar-refractivity contribution in [2.45, 2.75) is 13.2 Å². The van der Waals surface area contributed by atoms with Gasteiger partial charge in [-0.2, -0.15) is 8.78 Å².